The second kappa shape index (κ2) is 8.19. The molecule has 1 aromatic carbocycles. The van der Waals surface area contributed by atoms with Crippen molar-refractivity contribution in [1.82, 2.24) is 9.47 Å². The Morgan fingerprint density at radius 1 is 1.19 bits per heavy atom. The average molecular weight is 356 g/mol. The number of carboxylic acid groups (broad SMARTS) is 1. The zero-order valence-corrected chi connectivity index (χ0v) is 14.9. The molecule has 0 radical (unpaired) electrons. The number of amides is 1. The number of hydrogen-bond acceptors (Lipinski definition) is 3. The largest absolute Gasteiger partial charge is 0.481 e. The fourth-order valence-corrected chi connectivity index (χ4v) is 3.42. The monoisotopic (exact) mass is 356 g/mol. The Bertz CT molecular complexity index is 756. The summed E-state index contributed by atoms with van der Waals surface area (Å²) in [5.41, 5.74) is 1.67. The van der Waals surface area contributed by atoms with E-state index in [2.05, 4.69) is 0 Å². The number of carboxylic acids is 1. The molecule has 26 heavy (non-hydrogen) atoms. The highest BCUT2D eigenvalue weighted by Crippen LogP contribution is 2.23. The van der Waals surface area contributed by atoms with Gasteiger partial charge in [-0.3, -0.25) is 9.59 Å². The highest BCUT2D eigenvalue weighted by molar-refractivity contribution is 5.93. The molecule has 1 aliphatic rings. The summed E-state index contributed by atoms with van der Waals surface area (Å²) in [4.78, 5) is 26.4. The lowest BCUT2D eigenvalue weighted by molar-refractivity contribution is -0.142. The first-order chi connectivity index (χ1) is 12.6. The number of ether oxygens (including phenoxy) is 1. The first-order valence-electron chi connectivity index (χ1n) is 8.92. The highest BCUT2D eigenvalue weighted by atomic mass is 16.5. The van der Waals surface area contributed by atoms with E-state index in [1.165, 1.54) is 0 Å². The summed E-state index contributed by atoms with van der Waals surface area (Å²) >= 11 is 0. The van der Waals surface area contributed by atoms with Crippen LogP contribution in [0.1, 0.15) is 29.4 Å². The van der Waals surface area contributed by atoms with Crippen molar-refractivity contribution in [3.05, 3.63) is 59.9 Å². The number of aliphatic carboxylic acids is 1. The van der Waals surface area contributed by atoms with E-state index in [-0.39, 0.29) is 19.1 Å². The van der Waals surface area contributed by atoms with Crippen molar-refractivity contribution in [2.45, 2.75) is 25.9 Å². The molecule has 2 atom stereocenters. The van der Waals surface area contributed by atoms with Crippen molar-refractivity contribution in [1.29, 1.82) is 0 Å². The van der Waals surface area contributed by atoms with Gasteiger partial charge in [0.05, 0.1) is 19.3 Å². The van der Waals surface area contributed by atoms with Gasteiger partial charge in [0.2, 0.25) is 0 Å². The molecule has 1 amide bonds. The van der Waals surface area contributed by atoms with Crippen molar-refractivity contribution in [2.75, 3.05) is 19.8 Å². The van der Waals surface area contributed by atoms with Crippen molar-refractivity contribution < 1.29 is 19.4 Å². The Hall–Kier alpha value is -2.60. The van der Waals surface area contributed by atoms with E-state index in [9.17, 15) is 14.7 Å². The quantitative estimate of drug-likeness (QED) is 0.827. The maximum atomic E-state index is 13.2. The zero-order valence-electron chi connectivity index (χ0n) is 14.9. The van der Waals surface area contributed by atoms with Gasteiger partial charge in [0.25, 0.3) is 5.91 Å². The maximum absolute atomic E-state index is 13.2. The first-order valence-corrected chi connectivity index (χ1v) is 8.92. The fourth-order valence-electron chi connectivity index (χ4n) is 3.42. The lowest BCUT2D eigenvalue weighted by atomic mass is 10.0. The molecular weight excluding hydrogens is 332 g/mol. The highest BCUT2D eigenvalue weighted by Gasteiger charge is 2.40. The fraction of sp³-hybridized carbons (Fsp3) is 0.400. The molecule has 1 N–H and O–H groups in total. The number of carbonyl (C=O) groups is 2. The van der Waals surface area contributed by atoms with Gasteiger partial charge < -0.3 is 19.3 Å². The van der Waals surface area contributed by atoms with Crippen LogP contribution in [0.4, 0.5) is 0 Å². The van der Waals surface area contributed by atoms with Gasteiger partial charge in [0.1, 0.15) is 11.6 Å². The van der Waals surface area contributed by atoms with Crippen LogP contribution in [-0.2, 0) is 16.1 Å². The van der Waals surface area contributed by atoms with Crippen LogP contribution in [0.2, 0.25) is 0 Å². The SMILES string of the molecule is CCCN(C(=O)c1cccn1Cc1ccccc1)C1COCC1C(=O)O. The van der Waals surface area contributed by atoms with Gasteiger partial charge >= 0.3 is 5.97 Å². The molecule has 0 spiro atoms. The predicted molar refractivity (Wildman–Crippen MR) is 97.0 cm³/mol. The Morgan fingerprint density at radius 3 is 2.65 bits per heavy atom. The van der Waals surface area contributed by atoms with Crippen molar-refractivity contribution in [2.24, 2.45) is 5.92 Å². The standard InChI is InChI=1S/C20H24N2O4/c1-2-10-22(18-14-26-13-16(18)20(24)25)19(23)17-9-6-11-21(17)12-15-7-4-3-5-8-15/h3-9,11,16,18H,2,10,12-14H2,1H3,(H,24,25). The summed E-state index contributed by atoms with van der Waals surface area (Å²) in [6.45, 7) is 3.50. The van der Waals surface area contributed by atoms with Crippen LogP contribution in [0.5, 0.6) is 0 Å². The maximum Gasteiger partial charge on any atom is 0.311 e. The van der Waals surface area contributed by atoms with Crippen molar-refractivity contribution >= 4 is 11.9 Å². The van der Waals surface area contributed by atoms with E-state index in [4.69, 9.17) is 4.74 Å². The Morgan fingerprint density at radius 2 is 1.96 bits per heavy atom. The predicted octanol–water partition coefficient (Wildman–Crippen LogP) is 2.49. The second-order valence-electron chi connectivity index (χ2n) is 6.56. The van der Waals surface area contributed by atoms with Gasteiger partial charge in [-0.2, -0.15) is 0 Å². The van der Waals surface area contributed by atoms with Crippen LogP contribution in [0.15, 0.2) is 48.7 Å². The van der Waals surface area contributed by atoms with Gasteiger partial charge in [-0.05, 0) is 24.1 Å². The van der Waals surface area contributed by atoms with E-state index >= 15 is 0 Å². The number of hydrogen-bond donors (Lipinski definition) is 1. The van der Waals surface area contributed by atoms with E-state index in [0.29, 0.717) is 18.8 Å². The number of rotatable bonds is 7. The molecule has 1 fully saturated rings. The van der Waals surface area contributed by atoms with Gasteiger partial charge in [-0.15, -0.1) is 0 Å². The van der Waals surface area contributed by atoms with Crippen LogP contribution in [0.3, 0.4) is 0 Å². The van der Waals surface area contributed by atoms with Crippen LogP contribution in [0.25, 0.3) is 0 Å². The molecule has 0 aliphatic carbocycles. The third kappa shape index (κ3) is 3.80. The minimum Gasteiger partial charge on any atom is -0.481 e. The summed E-state index contributed by atoms with van der Waals surface area (Å²) in [7, 11) is 0. The molecule has 6 heteroatoms. The number of aromatic nitrogens is 1. The van der Waals surface area contributed by atoms with E-state index in [0.717, 1.165) is 12.0 Å². The Balaban J connectivity index is 1.84. The Kier molecular flexibility index (Phi) is 5.73. The molecule has 138 valence electrons. The van der Waals surface area contributed by atoms with Crippen LogP contribution in [-0.4, -0.2) is 52.3 Å². The van der Waals surface area contributed by atoms with Gasteiger partial charge in [0, 0.05) is 19.3 Å². The minimum absolute atomic E-state index is 0.144. The lowest BCUT2D eigenvalue weighted by Crippen LogP contribution is -2.47. The summed E-state index contributed by atoms with van der Waals surface area (Å²) in [5.74, 6) is -1.74. The second-order valence-corrected chi connectivity index (χ2v) is 6.56. The normalized spacial score (nSPS) is 19.4. The Labute approximate surface area is 153 Å². The number of benzene rings is 1. The van der Waals surface area contributed by atoms with E-state index < -0.39 is 17.9 Å². The van der Waals surface area contributed by atoms with Crippen LogP contribution < -0.4 is 0 Å². The smallest absolute Gasteiger partial charge is 0.311 e. The van der Waals surface area contributed by atoms with Crippen LogP contribution >= 0.6 is 0 Å². The molecule has 1 saturated heterocycles. The van der Waals surface area contributed by atoms with Gasteiger partial charge in [-0.25, -0.2) is 0 Å². The van der Waals surface area contributed by atoms with Crippen LogP contribution in [0, 0.1) is 5.92 Å². The summed E-state index contributed by atoms with van der Waals surface area (Å²) in [5, 5.41) is 9.44. The molecule has 0 bridgehead atoms. The summed E-state index contributed by atoms with van der Waals surface area (Å²) in [6, 6.07) is 13.1. The molecule has 2 aromatic rings. The molecular formula is C20H24N2O4. The summed E-state index contributed by atoms with van der Waals surface area (Å²) in [6.07, 6.45) is 2.64. The van der Waals surface area contributed by atoms with Gasteiger partial charge in [0.15, 0.2) is 0 Å². The third-order valence-electron chi connectivity index (χ3n) is 4.74. The average Bonchev–Trinajstić information content (AvgIpc) is 3.29. The molecule has 2 unspecified atom stereocenters. The van der Waals surface area contributed by atoms with E-state index in [1.807, 2.05) is 54.1 Å². The zero-order chi connectivity index (χ0) is 18.5. The topological polar surface area (TPSA) is 71.8 Å². The molecule has 2 heterocycles. The molecule has 6 nitrogen and oxygen atoms in total. The van der Waals surface area contributed by atoms with Crippen molar-refractivity contribution in [3.63, 3.8) is 0 Å². The number of nitrogens with zero attached hydrogens (tertiary/aromatic N) is 2. The lowest BCUT2D eigenvalue weighted by Gasteiger charge is -2.30. The minimum atomic E-state index is -0.916. The molecule has 0 saturated carbocycles. The van der Waals surface area contributed by atoms with E-state index in [1.54, 1.807) is 11.0 Å². The molecule has 1 aromatic heterocycles. The first kappa shape index (κ1) is 18.2. The molecule has 1 aliphatic heterocycles. The third-order valence-corrected chi connectivity index (χ3v) is 4.74. The van der Waals surface area contributed by atoms with Crippen molar-refractivity contribution in [3.8, 4) is 0 Å². The van der Waals surface area contributed by atoms with Gasteiger partial charge in [-0.1, -0.05) is 37.3 Å². The molecule has 3 rings (SSSR count). The summed E-state index contributed by atoms with van der Waals surface area (Å²) < 4.78 is 7.28. The number of carbonyl (C=O) groups excluding carboxylic acids is 1.